The van der Waals surface area contributed by atoms with Crippen LogP contribution in [0.15, 0.2) is 52.9 Å². The number of carbonyl (C=O) groups is 3. The van der Waals surface area contributed by atoms with Crippen molar-refractivity contribution in [2.75, 3.05) is 28.3 Å². The number of carbonyl (C=O) groups excluding carboxylic acids is 3. The Morgan fingerprint density at radius 3 is 2.53 bits per heavy atom. The Labute approximate surface area is 196 Å². The molecule has 166 valence electrons. The fourth-order valence-electron chi connectivity index (χ4n) is 2.41. The number of thioether (sulfide) groups is 1. The van der Waals surface area contributed by atoms with Gasteiger partial charge in [0.15, 0.2) is 4.34 Å². The van der Waals surface area contributed by atoms with Gasteiger partial charge in [0.2, 0.25) is 11.0 Å². The van der Waals surface area contributed by atoms with Gasteiger partial charge in [0.05, 0.1) is 23.6 Å². The molecule has 1 aromatic heterocycles. The molecule has 3 rings (SSSR count). The third-order valence-corrected chi connectivity index (χ3v) is 5.99. The monoisotopic (exact) mass is 491 g/mol. The van der Waals surface area contributed by atoms with E-state index in [1.165, 1.54) is 0 Å². The summed E-state index contributed by atoms with van der Waals surface area (Å²) in [7, 11) is 0. The molecule has 1 heterocycles. The van der Waals surface area contributed by atoms with Gasteiger partial charge in [0.1, 0.15) is 0 Å². The normalized spacial score (nSPS) is 10.3. The minimum absolute atomic E-state index is 0.0428. The van der Waals surface area contributed by atoms with Crippen molar-refractivity contribution < 1.29 is 19.1 Å². The Hall–Kier alpha value is -3.15. The average molecular weight is 492 g/mol. The van der Waals surface area contributed by atoms with Crippen molar-refractivity contribution in [3.05, 3.63) is 59.1 Å². The van der Waals surface area contributed by atoms with Crippen LogP contribution < -0.4 is 16.0 Å². The van der Waals surface area contributed by atoms with Crippen molar-refractivity contribution >= 4 is 69.1 Å². The van der Waals surface area contributed by atoms with Gasteiger partial charge in [-0.3, -0.25) is 14.9 Å². The molecule has 32 heavy (non-hydrogen) atoms. The predicted molar refractivity (Wildman–Crippen MR) is 126 cm³/mol. The van der Waals surface area contributed by atoms with E-state index in [9.17, 15) is 14.4 Å². The molecule has 0 spiro atoms. The number of hydrogen-bond donors (Lipinski definition) is 3. The molecule has 0 fully saturated rings. The Balaban J connectivity index is 1.56. The van der Waals surface area contributed by atoms with Crippen LogP contribution in [-0.4, -0.2) is 40.5 Å². The molecule has 0 bridgehead atoms. The van der Waals surface area contributed by atoms with Crippen LogP contribution in [0.25, 0.3) is 0 Å². The molecular formula is C20H18ClN5O4S2. The molecular weight excluding hydrogens is 474 g/mol. The zero-order valence-corrected chi connectivity index (χ0v) is 19.1. The summed E-state index contributed by atoms with van der Waals surface area (Å²) >= 11 is 8.14. The summed E-state index contributed by atoms with van der Waals surface area (Å²) in [6.45, 7) is 1.94. The Bertz CT molecular complexity index is 1110. The molecule has 0 aliphatic rings. The van der Waals surface area contributed by atoms with Gasteiger partial charge in [-0.15, -0.1) is 10.2 Å². The number of ether oxygens (including phenoxy) is 1. The van der Waals surface area contributed by atoms with Crippen LogP contribution in [0.2, 0.25) is 5.02 Å². The van der Waals surface area contributed by atoms with Crippen molar-refractivity contribution in [2.24, 2.45) is 0 Å². The highest BCUT2D eigenvalue weighted by Gasteiger charge is 2.15. The first kappa shape index (κ1) is 23.5. The van der Waals surface area contributed by atoms with Crippen molar-refractivity contribution in [3.8, 4) is 0 Å². The maximum atomic E-state index is 12.7. The third kappa shape index (κ3) is 6.94. The molecule has 0 aliphatic heterocycles. The quantitative estimate of drug-likeness (QED) is 0.307. The number of hydrogen-bond acceptors (Lipinski definition) is 8. The van der Waals surface area contributed by atoms with Gasteiger partial charge in [-0.2, -0.15) is 0 Å². The minimum Gasteiger partial charge on any atom is -0.450 e. The number of amides is 3. The molecule has 3 N–H and O–H groups in total. The molecule has 0 unspecified atom stereocenters. The van der Waals surface area contributed by atoms with Crippen LogP contribution in [0.5, 0.6) is 0 Å². The summed E-state index contributed by atoms with van der Waals surface area (Å²) in [4.78, 5) is 36.5. The van der Waals surface area contributed by atoms with E-state index in [0.717, 1.165) is 23.1 Å². The molecule has 12 heteroatoms. The maximum absolute atomic E-state index is 12.7. The SMILES string of the molecule is CCOC(=O)Nc1nnc(SCC(=O)Nc2ccccc2C(=O)Nc2ccc(Cl)cc2)s1. The summed E-state index contributed by atoms with van der Waals surface area (Å²) in [5.74, 6) is -0.646. The minimum atomic E-state index is -0.619. The highest BCUT2D eigenvalue weighted by molar-refractivity contribution is 8.01. The van der Waals surface area contributed by atoms with Crippen molar-refractivity contribution in [3.63, 3.8) is 0 Å². The lowest BCUT2D eigenvalue weighted by atomic mass is 10.1. The van der Waals surface area contributed by atoms with E-state index in [4.69, 9.17) is 16.3 Å². The van der Waals surface area contributed by atoms with E-state index in [1.807, 2.05) is 0 Å². The van der Waals surface area contributed by atoms with Crippen LogP contribution in [0.3, 0.4) is 0 Å². The average Bonchev–Trinajstić information content (AvgIpc) is 3.21. The Morgan fingerprint density at radius 1 is 1.03 bits per heavy atom. The standard InChI is InChI=1S/C20H18ClN5O4S2/c1-2-30-19(29)24-18-25-26-20(32-18)31-11-16(27)23-15-6-4-3-5-14(15)17(28)22-13-9-7-12(21)8-10-13/h3-10H,2,11H2,1H3,(H,22,28)(H,23,27)(H,24,25,29). The van der Waals surface area contributed by atoms with Crippen molar-refractivity contribution in [2.45, 2.75) is 11.3 Å². The smallest absolute Gasteiger partial charge is 0.413 e. The number of nitrogens with zero attached hydrogens (tertiary/aromatic N) is 2. The van der Waals surface area contributed by atoms with Gasteiger partial charge >= 0.3 is 6.09 Å². The van der Waals surface area contributed by atoms with Crippen LogP contribution in [-0.2, 0) is 9.53 Å². The number of halogens is 1. The van der Waals surface area contributed by atoms with Crippen molar-refractivity contribution in [1.29, 1.82) is 0 Å². The zero-order chi connectivity index (χ0) is 22.9. The van der Waals surface area contributed by atoms with Gasteiger partial charge in [0, 0.05) is 10.7 Å². The van der Waals surface area contributed by atoms with Crippen LogP contribution >= 0.6 is 34.7 Å². The van der Waals surface area contributed by atoms with Gasteiger partial charge in [-0.25, -0.2) is 4.79 Å². The van der Waals surface area contributed by atoms with E-state index >= 15 is 0 Å². The zero-order valence-electron chi connectivity index (χ0n) is 16.8. The number of rotatable bonds is 8. The van der Waals surface area contributed by atoms with Gasteiger partial charge in [-0.1, -0.05) is 46.8 Å². The fraction of sp³-hybridized carbons (Fsp3) is 0.150. The summed E-state index contributed by atoms with van der Waals surface area (Å²) in [5, 5.41) is 16.5. The van der Waals surface area contributed by atoms with Gasteiger partial charge < -0.3 is 15.4 Å². The number of para-hydroxylation sites is 1. The molecule has 0 atom stereocenters. The molecule has 2 aromatic carbocycles. The summed E-state index contributed by atoms with van der Waals surface area (Å²) in [5.41, 5.74) is 1.28. The van der Waals surface area contributed by atoms with Crippen molar-refractivity contribution in [1.82, 2.24) is 10.2 Å². The van der Waals surface area contributed by atoms with E-state index in [1.54, 1.807) is 55.5 Å². The molecule has 0 aliphatic carbocycles. The highest BCUT2D eigenvalue weighted by atomic mass is 35.5. The van der Waals surface area contributed by atoms with E-state index in [-0.39, 0.29) is 29.3 Å². The molecule has 0 saturated carbocycles. The van der Waals surface area contributed by atoms with Crippen LogP contribution in [0.4, 0.5) is 21.3 Å². The molecule has 9 nitrogen and oxygen atoms in total. The number of nitrogens with one attached hydrogen (secondary N) is 3. The lowest BCUT2D eigenvalue weighted by Crippen LogP contribution is -2.19. The molecule has 0 radical (unpaired) electrons. The summed E-state index contributed by atoms with van der Waals surface area (Å²) in [6, 6.07) is 13.4. The van der Waals surface area contributed by atoms with Gasteiger partial charge in [0.25, 0.3) is 5.91 Å². The second kappa shape index (κ2) is 11.5. The van der Waals surface area contributed by atoms with E-state index in [2.05, 4.69) is 26.1 Å². The summed E-state index contributed by atoms with van der Waals surface area (Å²) < 4.78 is 5.27. The first-order valence-corrected chi connectivity index (χ1v) is 11.5. The van der Waals surface area contributed by atoms with E-state index < -0.39 is 6.09 Å². The number of benzene rings is 2. The molecule has 3 aromatic rings. The van der Waals surface area contributed by atoms with Crippen LogP contribution in [0.1, 0.15) is 17.3 Å². The largest absolute Gasteiger partial charge is 0.450 e. The lowest BCUT2D eigenvalue weighted by Gasteiger charge is -2.11. The Morgan fingerprint density at radius 2 is 1.78 bits per heavy atom. The maximum Gasteiger partial charge on any atom is 0.413 e. The molecule has 3 amide bonds. The van der Waals surface area contributed by atoms with Gasteiger partial charge in [-0.05, 0) is 43.3 Å². The van der Waals surface area contributed by atoms with E-state index in [0.29, 0.717) is 26.3 Å². The Kier molecular flexibility index (Phi) is 8.42. The topological polar surface area (TPSA) is 122 Å². The first-order valence-electron chi connectivity index (χ1n) is 9.30. The number of anilines is 3. The highest BCUT2D eigenvalue weighted by Crippen LogP contribution is 2.26. The second-order valence-corrected chi connectivity index (χ2v) is 8.70. The fourth-order valence-corrected chi connectivity index (χ4v) is 4.07. The second-order valence-electron chi connectivity index (χ2n) is 6.06. The first-order chi connectivity index (χ1) is 15.4. The lowest BCUT2D eigenvalue weighted by molar-refractivity contribution is -0.113. The van der Waals surface area contributed by atoms with Crippen LogP contribution in [0, 0.1) is 0 Å². The third-order valence-electron chi connectivity index (χ3n) is 3.77. The molecule has 0 saturated heterocycles. The summed E-state index contributed by atoms with van der Waals surface area (Å²) in [6.07, 6.45) is -0.619. The number of aromatic nitrogens is 2. The predicted octanol–water partition coefficient (Wildman–Crippen LogP) is 4.74.